The van der Waals surface area contributed by atoms with Gasteiger partial charge in [-0.15, -0.1) is 0 Å². The van der Waals surface area contributed by atoms with E-state index in [1.54, 1.807) is 7.11 Å². The molecule has 1 aromatic rings. The van der Waals surface area contributed by atoms with Crippen LogP contribution in [0.5, 0.6) is 0 Å². The molecule has 0 bridgehead atoms. The molecule has 2 aliphatic heterocycles. The number of piperidine rings is 1. The Morgan fingerprint density at radius 1 is 1.20 bits per heavy atom. The molecule has 1 spiro atoms. The van der Waals surface area contributed by atoms with E-state index in [-0.39, 0.29) is 0 Å². The van der Waals surface area contributed by atoms with Crippen LogP contribution in [0.4, 0.5) is 5.95 Å². The third-order valence-corrected chi connectivity index (χ3v) is 4.63. The van der Waals surface area contributed by atoms with Crippen LogP contribution >= 0.6 is 0 Å². The summed E-state index contributed by atoms with van der Waals surface area (Å²) in [5.74, 6) is 0.887. The Labute approximate surface area is 121 Å². The molecule has 0 amide bonds. The first kappa shape index (κ1) is 13.8. The van der Waals surface area contributed by atoms with Crippen molar-refractivity contribution in [2.24, 2.45) is 5.41 Å². The number of ether oxygens (including phenoxy) is 1. The molecule has 2 fully saturated rings. The highest BCUT2D eigenvalue weighted by atomic mass is 16.5. The van der Waals surface area contributed by atoms with Gasteiger partial charge in [0.15, 0.2) is 0 Å². The van der Waals surface area contributed by atoms with Gasteiger partial charge in [0.2, 0.25) is 5.95 Å². The largest absolute Gasteiger partial charge is 0.383 e. The smallest absolute Gasteiger partial charge is 0.225 e. The van der Waals surface area contributed by atoms with E-state index in [2.05, 4.69) is 19.8 Å². The number of rotatable bonds is 4. The van der Waals surface area contributed by atoms with Crippen LogP contribution in [0.3, 0.4) is 0 Å². The van der Waals surface area contributed by atoms with Crippen LogP contribution in [0, 0.1) is 5.41 Å². The van der Waals surface area contributed by atoms with Crippen molar-refractivity contribution in [1.82, 2.24) is 14.9 Å². The number of likely N-dealkylation sites (tertiary alicyclic amines) is 1. The van der Waals surface area contributed by atoms with Crippen LogP contribution in [0.15, 0.2) is 18.5 Å². The first-order valence-electron chi connectivity index (χ1n) is 7.55. The van der Waals surface area contributed by atoms with Crippen LogP contribution in [0.1, 0.15) is 19.3 Å². The van der Waals surface area contributed by atoms with E-state index < -0.39 is 0 Å². The van der Waals surface area contributed by atoms with Crippen molar-refractivity contribution in [1.29, 1.82) is 0 Å². The van der Waals surface area contributed by atoms with Gasteiger partial charge in [0, 0.05) is 51.1 Å². The van der Waals surface area contributed by atoms with E-state index in [0.29, 0.717) is 5.41 Å². The summed E-state index contributed by atoms with van der Waals surface area (Å²) in [6, 6.07) is 1.88. The Hall–Kier alpha value is -1.20. The van der Waals surface area contributed by atoms with Crippen molar-refractivity contribution in [3.05, 3.63) is 18.5 Å². The van der Waals surface area contributed by atoms with Gasteiger partial charge in [0.25, 0.3) is 0 Å². The highest BCUT2D eigenvalue weighted by Crippen LogP contribution is 2.39. The maximum absolute atomic E-state index is 5.21. The quantitative estimate of drug-likeness (QED) is 0.832. The van der Waals surface area contributed by atoms with Crippen LogP contribution in [0.2, 0.25) is 0 Å². The lowest BCUT2D eigenvalue weighted by Crippen LogP contribution is -2.45. The summed E-state index contributed by atoms with van der Waals surface area (Å²) in [4.78, 5) is 13.7. The SMILES string of the molecule is COCCN1CCCC2(CCN(c3ncccn3)C2)C1. The van der Waals surface area contributed by atoms with Gasteiger partial charge in [0.05, 0.1) is 6.61 Å². The average molecular weight is 276 g/mol. The number of methoxy groups -OCH3 is 1. The minimum absolute atomic E-state index is 0.436. The van der Waals surface area contributed by atoms with Crippen molar-refractivity contribution in [3.63, 3.8) is 0 Å². The minimum Gasteiger partial charge on any atom is -0.383 e. The molecule has 5 nitrogen and oxygen atoms in total. The molecule has 0 aliphatic carbocycles. The lowest BCUT2D eigenvalue weighted by atomic mass is 9.79. The van der Waals surface area contributed by atoms with E-state index in [9.17, 15) is 0 Å². The Morgan fingerprint density at radius 2 is 2.05 bits per heavy atom. The zero-order valence-electron chi connectivity index (χ0n) is 12.3. The van der Waals surface area contributed by atoms with Gasteiger partial charge >= 0.3 is 0 Å². The number of hydrogen-bond acceptors (Lipinski definition) is 5. The van der Waals surface area contributed by atoms with Gasteiger partial charge in [-0.1, -0.05) is 0 Å². The molecule has 20 heavy (non-hydrogen) atoms. The summed E-state index contributed by atoms with van der Waals surface area (Å²) < 4.78 is 5.21. The molecule has 0 aromatic carbocycles. The van der Waals surface area contributed by atoms with Crippen molar-refractivity contribution in [2.45, 2.75) is 19.3 Å². The number of anilines is 1. The van der Waals surface area contributed by atoms with Crippen molar-refractivity contribution in [2.75, 3.05) is 51.3 Å². The molecule has 1 atom stereocenters. The molecule has 0 saturated carbocycles. The predicted molar refractivity (Wildman–Crippen MR) is 78.8 cm³/mol. The maximum atomic E-state index is 5.21. The number of nitrogens with zero attached hydrogens (tertiary/aromatic N) is 4. The molecule has 1 unspecified atom stereocenters. The van der Waals surface area contributed by atoms with Gasteiger partial charge in [0.1, 0.15) is 0 Å². The summed E-state index contributed by atoms with van der Waals surface area (Å²) in [7, 11) is 1.78. The Morgan fingerprint density at radius 3 is 2.85 bits per heavy atom. The second-order valence-corrected chi connectivity index (χ2v) is 6.09. The average Bonchev–Trinajstić information content (AvgIpc) is 2.90. The standard InChI is InChI=1S/C15H24N4O/c1-20-11-10-18-8-2-4-15(12-18)5-9-19(13-15)14-16-6-3-7-17-14/h3,6-7H,2,4-5,8-13H2,1H3. The van der Waals surface area contributed by atoms with Crippen LogP contribution in [-0.4, -0.2) is 61.3 Å². The van der Waals surface area contributed by atoms with Crippen LogP contribution in [0.25, 0.3) is 0 Å². The Bertz CT molecular complexity index is 427. The Balaban J connectivity index is 1.63. The van der Waals surface area contributed by atoms with E-state index in [0.717, 1.165) is 32.2 Å². The van der Waals surface area contributed by atoms with Gasteiger partial charge in [-0.2, -0.15) is 0 Å². The lowest BCUT2D eigenvalue weighted by molar-refractivity contribution is 0.0755. The summed E-state index contributed by atoms with van der Waals surface area (Å²) in [5.41, 5.74) is 0.436. The monoisotopic (exact) mass is 276 g/mol. The predicted octanol–water partition coefficient (Wildman–Crippen LogP) is 1.42. The lowest BCUT2D eigenvalue weighted by Gasteiger charge is -2.40. The molecule has 2 saturated heterocycles. The molecule has 110 valence electrons. The zero-order chi connectivity index (χ0) is 13.8. The minimum atomic E-state index is 0.436. The maximum Gasteiger partial charge on any atom is 0.225 e. The fourth-order valence-corrected chi connectivity index (χ4v) is 3.61. The fourth-order valence-electron chi connectivity index (χ4n) is 3.61. The molecule has 3 rings (SSSR count). The van der Waals surface area contributed by atoms with E-state index in [1.165, 1.54) is 32.4 Å². The van der Waals surface area contributed by atoms with Crippen molar-refractivity contribution >= 4 is 5.95 Å². The van der Waals surface area contributed by atoms with Crippen molar-refractivity contribution < 1.29 is 4.74 Å². The van der Waals surface area contributed by atoms with Crippen LogP contribution < -0.4 is 4.90 Å². The van der Waals surface area contributed by atoms with Gasteiger partial charge < -0.3 is 14.5 Å². The first-order valence-corrected chi connectivity index (χ1v) is 7.55. The van der Waals surface area contributed by atoms with E-state index in [1.807, 2.05) is 18.5 Å². The second-order valence-electron chi connectivity index (χ2n) is 6.09. The second kappa shape index (κ2) is 6.06. The molecular weight excluding hydrogens is 252 g/mol. The molecule has 3 heterocycles. The summed E-state index contributed by atoms with van der Waals surface area (Å²) in [6.07, 6.45) is 7.56. The molecule has 0 N–H and O–H groups in total. The number of aromatic nitrogens is 2. The third kappa shape index (κ3) is 2.94. The summed E-state index contributed by atoms with van der Waals surface area (Å²) in [6.45, 7) is 6.48. The zero-order valence-corrected chi connectivity index (χ0v) is 12.3. The molecule has 2 aliphatic rings. The molecule has 1 aromatic heterocycles. The van der Waals surface area contributed by atoms with Crippen LogP contribution in [-0.2, 0) is 4.74 Å². The van der Waals surface area contributed by atoms with Crippen molar-refractivity contribution in [3.8, 4) is 0 Å². The van der Waals surface area contributed by atoms with Gasteiger partial charge in [-0.3, -0.25) is 0 Å². The Kier molecular flexibility index (Phi) is 4.17. The highest BCUT2D eigenvalue weighted by Gasteiger charge is 2.41. The van der Waals surface area contributed by atoms with E-state index >= 15 is 0 Å². The summed E-state index contributed by atoms with van der Waals surface area (Å²) in [5, 5.41) is 0. The fraction of sp³-hybridized carbons (Fsp3) is 0.733. The third-order valence-electron chi connectivity index (χ3n) is 4.63. The summed E-state index contributed by atoms with van der Waals surface area (Å²) >= 11 is 0. The van der Waals surface area contributed by atoms with Gasteiger partial charge in [-0.25, -0.2) is 9.97 Å². The van der Waals surface area contributed by atoms with Gasteiger partial charge in [-0.05, 0) is 31.9 Å². The van der Waals surface area contributed by atoms with E-state index in [4.69, 9.17) is 4.74 Å². The molecule has 5 heteroatoms. The topological polar surface area (TPSA) is 41.5 Å². The molecular formula is C15H24N4O. The highest BCUT2D eigenvalue weighted by molar-refractivity contribution is 5.32. The normalized spacial score (nSPS) is 27.4. The molecule has 0 radical (unpaired) electrons. The number of hydrogen-bond donors (Lipinski definition) is 0. The first-order chi connectivity index (χ1) is 9.81.